The van der Waals surface area contributed by atoms with Crippen LogP contribution < -0.4 is 0 Å². The lowest BCUT2D eigenvalue weighted by molar-refractivity contribution is 0.0686. The fourth-order valence-electron chi connectivity index (χ4n) is 17.9. The normalized spacial score (nSPS) is 16.1. The number of benzene rings is 5. The van der Waals surface area contributed by atoms with Gasteiger partial charge >= 0.3 is 0 Å². The summed E-state index contributed by atoms with van der Waals surface area (Å²) in [6.07, 6.45) is 13.6. The molecule has 5 amide bonds. The average Bonchev–Trinajstić information content (AvgIpc) is 1.63. The van der Waals surface area contributed by atoms with Gasteiger partial charge in [0.2, 0.25) is 0 Å². The molecule has 0 bridgehead atoms. The van der Waals surface area contributed by atoms with Crippen molar-refractivity contribution in [2.24, 2.45) is 0 Å². The zero-order chi connectivity index (χ0) is 83.5. The van der Waals surface area contributed by atoms with Crippen LogP contribution >= 0.6 is 46.1 Å². The highest BCUT2D eigenvalue weighted by Gasteiger charge is 2.44. The molecule has 15 aromatic rings. The molecule has 0 spiro atoms. The number of rotatable bonds is 9. The van der Waals surface area contributed by atoms with Gasteiger partial charge in [-0.15, -0.1) is 11.3 Å². The Kier molecular flexibility index (Phi) is 20.5. The van der Waals surface area contributed by atoms with E-state index in [0.29, 0.717) is 93.7 Å². The molecule has 5 aromatic carbocycles. The Morgan fingerprint density at radius 2 is 0.818 bits per heavy atom. The van der Waals surface area contributed by atoms with Crippen LogP contribution in [0.25, 0.3) is 110 Å². The Labute approximate surface area is 714 Å². The topological polar surface area (TPSA) is 214 Å². The quantitative estimate of drug-likeness (QED) is 0.132. The van der Waals surface area contributed by atoms with Gasteiger partial charge < -0.3 is 47.3 Å². The highest BCUT2D eigenvalue weighted by Crippen LogP contribution is 2.46. The van der Waals surface area contributed by atoms with E-state index < -0.39 is 11.6 Å². The minimum atomic E-state index is -0.571. The summed E-state index contributed by atoms with van der Waals surface area (Å²) >= 11 is 19.3. The molecular weight excluding hydrogens is 1610 g/mol. The summed E-state index contributed by atoms with van der Waals surface area (Å²) in [5, 5.41) is 10.5. The first-order valence-electron chi connectivity index (χ1n) is 40.8. The van der Waals surface area contributed by atoms with E-state index >= 15 is 0 Å². The van der Waals surface area contributed by atoms with Crippen molar-refractivity contribution in [2.75, 3.05) is 46.3 Å². The van der Waals surface area contributed by atoms with Crippen molar-refractivity contribution in [1.82, 2.24) is 72.3 Å². The van der Waals surface area contributed by atoms with Crippen LogP contribution in [0.1, 0.15) is 120 Å². The average molecular weight is 1690 g/mol. The molecule has 3 saturated carbocycles. The lowest BCUT2D eigenvalue weighted by Crippen LogP contribution is -2.41. The van der Waals surface area contributed by atoms with Gasteiger partial charge in [0.05, 0.1) is 60.2 Å². The van der Waals surface area contributed by atoms with Crippen molar-refractivity contribution in [3.05, 3.63) is 253 Å². The molecule has 121 heavy (non-hydrogen) atoms. The van der Waals surface area contributed by atoms with Gasteiger partial charge in [0.15, 0.2) is 0 Å². The Hall–Kier alpha value is -12.4. The van der Waals surface area contributed by atoms with Crippen LogP contribution in [0.15, 0.2) is 176 Å². The molecule has 0 saturated heterocycles. The first-order valence-corrected chi connectivity index (χ1v) is 42.9. The van der Waals surface area contributed by atoms with Gasteiger partial charge in [0.1, 0.15) is 56.5 Å². The number of aromatic nitrogens is 10. The van der Waals surface area contributed by atoms with E-state index in [2.05, 4.69) is 81.6 Å². The van der Waals surface area contributed by atoms with E-state index in [-0.39, 0.29) is 40.1 Å². The van der Waals surface area contributed by atoms with E-state index in [1.807, 2.05) is 148 Å². The third kappa shape index (κ3) is 13.9. The molecule has 23 rings (SSSR count). The van der Waals surface area contributed by atoms with Gasteiger partial charge in [-0.3, -0.25) is 43.9 Å². The fourth-order valence-corrected chi connectivity index (χ4v) is 19.1. The van der Waals surface area contributed by atoms with Crippen LogP contribution in [0.2, 0.25) is 15.1 Å². The maximum atomic E-state index is 14.4. The summed E-state index contributed by atoms with van der Waals surface area (Å²) in [7, 11) is 1.84. The highest BCUT2D eigenvalue weighted by atomic mass is 35.5. The molecule has 0 radical (unpaired) electrons. The lowest BCUT2D eigenvalue weighted by Gasteiger charge is -2.29. The number of carbonyl (C=O) groups excluding carboxylic acids is 5. The number of halogens is 5. The number of aryl methyl sites for hydroxylation is 3. The van der Waals surface area contributed by atoms with Crippen LogP contribution in [-0.4, -0.2) is 166 Å². The Morgan fingerprint density at radius 1 is 0.413 bits per heavy atom. The second-order valence-corrected chi connectivity index (χ2v) is 34.0. The molecule has 0 atom stereocenters. The maximum Gasteiger partial charge on any atom is 0.271 e. The number of thiazole rings is 1. The van der Waals surface area contributed by atoms with Gasteiger partial charge in [-0.2, -0.15) is 5.26 Å². The maximum absolute atomic E-state index is 14.4. The first-order chi connectivity index (χ1) is 58.8. The standard InChI is InChI=1S/C21H21N3O.C19H15ClFN3O.C19H15FN4OS.C18H16ClN3O.C17H14ClN3O/c1-13-5-6-15(12-14(13)2)18-19-17(4-3-9-22-19)24-11-10-23(16-7-8-16)21(25)20(18)24;20-13-6-3-11(10-14(13)21)16-17-15(2-1-7-22-17)24-9-8-23(12-4-5-12)19(25)18(16)24;1-10-6-11(8-21)14(20)7-13(10)15-16-19(26-9-22-16)24-5-4-23(12-2-3-12)18(25)17(15)24;1-2-21-10-11-22-14-4-3-9-20-16(14)15(17(22)18(21)23)12-5-7-13(19)8-6-12;1-20-9-10-21-13-3-2-8-19-15(13)14(16(21)17(20)22)11-4-6-12(18)7-5-11/h3-6,9,12,16H,7-8,10-11H2,1-2H3;1-3,6-7,10,12H,4-5,8-9H2;6-7,9,12H,2-5H2,1H3;3-9H,2,10-11H2,1H3;2-8H,9-10H2,1H3. The summed E-state index contributed by atoms with van der Waals surface area (Å²) in [6.45, 7) is 16.4. The summed E-state index contributed by atoms with van der Waals surface area (Å²) in [5.74, 6) is -0.777. The molecule has 27 heteroatoms. The van der Waals surface area contributed by atoms with E-state index in [1.54, 1.807) is 41.1 Å². The fraction of sp³-hybridized carbons (Fsp3) is 0.266. The summed E-state index contributed by atoms with van der Waals surface area (Å²) in [6, 6.07) is 47.9. The lowest BCUT2D eigenvalue weighted by atomic mass is 9.97. The van der Waals surface area contributed by atoms with Gasteiger partial charge in [0, 0.05) is 160 Å². The van der Waals surface area contributed by atoms with Crippen LogP contribution in [-0.2, 0) is 32.7 Å². The summed E-state index contributed by atoms with van der Waals surface area (Å²) in [4.78, 5) is 98.5. The Balaban J connectivity index is 0.0000000999. The van der Waals surface area contributed by atoms with Crippen molar-refractivity contribution >= 4 is 130 Å². The number of amides is 5. The number of nitriles is 1. The van der Waals surface area contributed by atoms with Gasteiger partial charge in [-0.25, -0.2) is 13.8 Å². The predicted molar refractivity (Wildman–Crippen MR) is 468 cm³/mol. The number of hydrogen-bond acceptors (Lipinski definition) is 12. The number of likely N-dealkylation sites (N-methyl/N-ethyl adjacent to an activating group) is 2. The summed E-state index contributed by atoms with van der Waals surface area (Å²) in [5.41, 5.74) is 25.1. The molecule has 5 aliphatic heterocycles. The molecule has 0 N–H and O–H groups in total. The molecule has 15 heterocycles. The van der Waals surface area contributed by atoms with Crippen LogP contribution in [0, 0.1) is 43.7 Å². The van der Waals surface area contributed by atoms with Crippen molar-refractivity contribution in [1.29, 1.82) is 5.26 Å². The van der Waals surface area contributed by atoms with Crippen LogP contribution in [0.5, 0.6) is 0 Å². The highest BCUT2D eigenvalue weighted by molar-refractivity contribution is 7.16. The van der Waals surface area contributed by atoms with Crippen molar-refractivity contribution in [2.45, 2.75) is 117 Å². The van der Waals surface area contributed by atoms with Crippen molar-refractivity contribution < 1.29 is 32.8 Å². The van der Waals surface area contributed by atoms with E-state index in [1.165, 1.54) is 40.7 Å². The zero-order valence-electron chi connectivity index (χ0n) is 67.0. The molecule has 3 aliphatic carbocycles. The largest absolute Gasteiger partial charge is 0.339 e. The molecule has 0 unspecified atom stereocenters. The molecule has 3 fully saturated rings. The second kappa shape index (κ2) is 31.6. The summed E-state index contributed by atoms with van der Waals surface area (Å²) < 4.78 is 38.8. The predicted octanol–water partition coefficient (Wildman–Crippen LogP) is 19.0. The molecule has 10 aromatic heterocycles. The molecule has 21 nitrogen and oxygen atoms in total. The Morgan fingerprint density at radius 3 is 1.26 bits per heavy atom. The minimum Gasteiger partial charge on any atom is -0.339 e. The third-order valence-electron chi connectivity index (χ3n) is 24.5. The Bertz CT molecular complexity index is 6660. The molecule has 8 aliphatic rings. The van der Waals surface area contributed by atoms with Crippen LogP contribution in [0.3, 0.4) is 0 Å². The monoisotopic (exact) mass is 1690 g/mol. The number of hydrogen-bond donors (Lipinski definition) is 0. The number of pyridine rings is 4. The number of nitrogens with zero attached hydrogens (tertiary/aromatic N) is 16. The van der Waals surface area contributed by atoms with Crippen molar-refractivity contribution in [3.8, 4) is 61.7 Å². The van der Waals surface area contributed by atoms with Crippen LogP contribution in [0.4, 0.5) is 8.78 Å². The smallest absolute Gasteiger partial charge is 0.271 e. The van der Waals surface area contributed by atoms with E-state index in [4.69, 9.17) is 40.1 Å². The first kappa shape index (κ1) is 78.4. The van der Waals surface area contributed by atoms with Gasteiger partial charge in [-0.1, -0.05) is 83.3 Å². The van der Waals surface area contributed by atoms with Crippen molar-refractivity contribution in [3.63, 3.8) is 0 Å². The number of fused-ring (bicyclic) bond motifs is 15. The molecule has 608 valence electrons. The number of carbonyl (C=O) groups is 5. The van der Waals surface area contributed by atoms with Gasteiger partial charge in [0.25, 0.3) is 29.5 Å². The van der Waals surface area contributed by atoms with E-state index in [9.17, 15) is 32.8 Å². The SMILES string of the molecule is CCN1CCn2c(c(-c3ccc(Cl)cc3)c3ncccc32)C1=O.CN1CCn2c(c(-c3ccc(Cl)cc3)c3ncccc32)C1=O.Cc1cc(C#N)c(F)cc1-c1c2n(c3scnc13)CCN(C1CC1)C2=O.Cc1ccc(-c2c3n(c4cccnc24)CCN(C2CC2)C3=O)cc1C.O=C1c2c(-c3ccc(Cl)c(F)c3)c3ncccc3n2CCN1C1CC1. The van der Waals surface area contributed by atoms with E-state index in [0.717, 1.165) is 189 Å². The third-order valence-corrected chi connectivity index (χ3v) is 26.2. The second-order valence-electron chi connectivity index (χ2n) is 31.9. The zero-order valence-corrected chi connectivity index (χ0v) is 70.1. The minimum absolute atomic E-state index is 0.00289. The van der Waals surface area contributed by atoms with Gasteiger partial charge in [-0.05, 0) is 208 Å². The molecular formula is C94H81Cl3F2N16O5S.